The molecule has 1 aromatic carbocycles. The summed E-state index contributed by atoms with van der Waals surface area (Å²) < 4.78 is 44.2. The van der Waals surface area contributed by atoms with E-state index in [0.717, 1.165) is 31.4 Å². The van der Waals surface area contributed by atoms with Gasteiger partial charge in [0.2, 0.25) is 0 Å². The largest absolute Gasteiger partial charge is 0.494 e. The summed E-state index contributed by atoms with van der Waals surface area (Å²) in [5, 5.41) is 8.50. The molecular weight excluding hydrogens is 285 g/mol. The Morgan fingerprint density at radius 1 is 1.33 bits per heavy atom. The number of carbonyl (C=O) groups is 1. The maximum Gasteiger partial charge on any atom is 0.417 e. The Hall–Kier alpha value is -1.98. The van der Waals surface area contributed by atoms with Gasteiger partial charge in [-0.15, -0.1) is 0 Å². The molecule has 0 amide bonds. The fourth-order valence-electron chi connectivity index (χ4n) is 1.72. The first-order chi connectivity index (χ1) is 9.84. The summed E-state index contributed by atoms with van der Waals surface area (Å²) in [6.45, 7) is 2.38. The van der Waals surface area contributed by atoms with Crippen LogP contribution in [-0.4, -0.2) is 17.7 Å². The number of ether oxygens (including phenoxy) is 1. The number of carboxylic acids is 1. The molecular formula is C15H17F3O3. The maximum atomic E-state index is 13.0. The second-order valence-corrected chi connectivity index (χ2v) is 4.47. The van der Waals surface area contributed by atoms with Crippen LogP contribution in [0, 0.1) is 0 Å². The highest BCUT2D eigenvalue weighted by molar-refractivity contribution is 5.85. The molecule has 1 N–H and O–H groups in total. The molecule has 0 spiro atoms. The fraction of sp³-hybridized carbons (Fsp3) is 0.400. The van der Waals surface area contributed by atoms with Gasteiger partial charge >= 0.3 is 12.1 Å². The number of aliphatic carboxylic acids is 1. The van der Waals surface area contributed by atoms with Crippen molar-refractivity contribution in [3.63, 3.8) is 0 Å². The molecule has 6 heteroatoms. The third kappa shape index (κ3) is 5.89. The van der Waals surface area contributed by atoms with E-state index in [-0.39, 0.29) is 11.3 Å². The minimum absolute atomic E-state index is 0.130. The van der Waals surface area contributed by atoms with Crippen LogP contribution < -0.4 is 4.74 Å². The van der Waals surface area contributed by atoms with Crippen LogP contribution in [0.5, 0.6) is 5.75 Å². The Labute approximate surface area is 121 Å². The topological polar surface area (TPSA) is 46.5 Å². The van der Waals surface area contributed by atoms with Crippen molar-refractivity contribution in [3.05, 3.63) is 35.4 Å². The number of benzene rings is 1. The van der Waals surface area contributed by atoms with Gasteiger partial charge in [-0.1, -0.05) is 25.8 Å². The van der Waals surface area contributed by atoms with Gasteiger partial charge in [0.1, 0.15) is 5.75 Å². The van der Waals surface area contributed by atoms with Crippen LogP contribution in [0.2, 0.25) is 0 Å². The van der Waals surface area contributed by atoms with E-state index in [1.165, 1.54) is 12.1 Å². The molecule has 0 fully saturated rings. The SMILES string of the molecule is CCCCCOc1ccc(/C=C/C(=O)O)c(C(F)(F)F)c1. The lowest BCUT2D eigenvalue weighted by Gasteiger charge is -2.13. The zero-order chi connectivity index (χ0) is 15.9. The van der Waals surface area contributed by atoms with Crippen molar-refractivity contribution in [1.29, 1.82) is 0 Å². The summed E-state index contributed by atoms with van der Waals surface area (Å²) in [6, 6.07) is 3.51. The van der Waals surface area contributed by atoms with Gasteiger partial charge in [0.15, 0.2) is 0 Å². The van der Waals surface area contributed by atoms with E-state index >= 15 is 0 Å². The van der Waals surface area contributed by atoms with E-state index in [9.17, 15) is 18.0 Å². The lowest BCUT2D eigenvalue weighted by atomic mass is 10.1. The van der Waals surface area contributed by atoms with Crippen molar-refractivity contribution in [3.8, 4) is 5.75 Å². The molecule has 0 radical (unpaired) electrons. The molecule has 0 aliphatic heterocycles. The van der Waals surface area contributed by atoms with Gasteiger partial charge in [0.25, 0.3) is 0 Å². The zero-order valence-electron chi connectivity index (χ0n) is 11.6. The van der Waals surface area contributed by atoms with Gasteiger partial charge in [-0.2, -0.15) is 13.2 Å². The number of hydrogen-bond acceptors (Lipinski definition) is 2. The van der Waals surface area contributed by atoms with Crippen LogP contribution in [0.3, 0.4) is 0 Å². The third-order valence-electron chi connectivity index (χ3n) is 2.75. The highest BCUT2D eigenvalue weighted by Gasteiger charge is 2.33. The predicted molar refractivity (Wildman–Crippen MR) is 73.1 cm³/mol. The van der Waals surface area contributed by atoms with Crippen LogP contribution in [0.15, 0.2) is 24.3 Å². The first-order valence-corrected chi connectivity index (χ1v) is 6.59. The van der Waals surface area contributed by atoms with E-state index < -0.39 is 17.7 Å². The lowest BCUT2D eigenvalue weighted by molar-refractivity contribution is -0.138. The zero-order valence-corrected chi connectivity index (χ0v) is 11.6. The highest BCUT2D eigenvalue weighted by atomic mass is 19.4. The van der Waals surface area contributed by atoms with Crippen LogP contribution in [0.1, 0.15) is 37.3 Å². The van der Waals surface area contributed by atoms with Crippen LogP contribution in [0.25, 0.3) is 6.08 Å². The number of carboxylic acid groups (broad SMARTS) is 1. The Bertz CT molecular complexity index is 507. The summed E-state index contributed by atoms with van der Waals surface area (Å²) in [6.07, 6.45) is -0.250. The Morgan fingerprint density at radius 2 is 2.05 bits per heavy atom. The third-order valence-corrected chi connectivity index (χ3v) is 2.75. The van der Waals surface area contributed by atoms with Gasteiger partial charge in [0.05, 0.1) is 12.2 Å². The lowest BCUT2D eigenvalue weighted by Crippen LogP contribution is -2.08. The Balaban J connectivity index is 2.94. The number of rotatable bonds is 7. The smallest absolute Gasteiger partial charge is 0.417 e. The molecule has 21 heavy (non-hydrogen) atoms. The average Bonchev–Trinajstić information content (AvgIpc) is 2.41. The molecule has 0 atom stereocenters. The van der Waals surface area contributed by atoms with Crippen molar-refractivity contribution in [2.75, 3.05) is 6.61 Å². The second-order valence-electron chi connectivity index (χ2n) is 4.47. The molecule has 0 aliphatic rings. The van der Waals surface area contributed by atoms with Gasteiger partial charge in [-0.05, 0) is 30.2 Å². The normalized spacial score (nSPS) is 11.8. The van der Waals surface area contributed by atoms with Crippen LogP contribution >= 0.6 is 0 Å². The van der Waals surface area contributed by atoms with Gasteiger partial charge in [0, 0.05) is 6.08 Å². The molecule has 0 saturated carbocycles. The number of halogens is 3. The average molecular weight is 302 g/mol. The summed E-state index contributed by atoms with van der Waals surface area (Å²) >= 11 is 0. The Morgan fingerprint density at radius 3 is 2.62 bits per heavy atom. The second kappa shape index (κ2) is 7.71. The minimum atomic E-state index is -4.57. The maximum absolute atomic E-state index is 13.0. The molecule has 1 aromatic rings. The van der Waals surface area contributed by atoms with Gasteiger partial charge in [-0.25, -0.2) is 4.79 Å². The first kappa shape index (κ1) is 17.1. The first-order valence-electron chi connectivity index (χ1n) is 6.59. The monoisotopic (exact) mass is 302 g/mol. The van der Waals surface area contributed by atoms with E-state index in [1.807, 2.05) is 6.92 Å². The quantitative estimate of drug-likeness (QED) is 0.601. The van der Waals surface area contributed by atoms with Crippen molar-refractivity contribution in [2.45, 2.75) is 32.4 Å². The molecule has 0 unspecified atom stereocenters. The number of hydrogen-bond donors (Lipinski definition) is 1. The van der Waals surface area contributed by atoms with E-state index in [0.29, 0.717) is 12.7 Å². The van der Waals surface area contributed by atoms with E-state index in [2.05, 4.69) is 0 Å². The van der Waals surface area contributed by atoms with Crippen LogP contribution in [-0.2, 0) is 11.0 Å². The predicted octanol–water partition coefficient (Wildman–Crippen LogP) is 4.37. The fourth-order valence-corrected chi connectivity index (χ4v) is 1.72. The molecule has 0 saturated heterocycles. The molecule has 0 aliphatic carbocycles. The van der Waals surface area contributed by atoms with Crippen molar-refractivity contribution < 1.29 is 27.8 Å². The van der Waals surface area contributed by atoms with E-state index in [4.69, 9.17) is 9.84 Å². The van der Waals surface area contributed by atoms with E-state index in [1.54, 1.807) is 0 Å². The molecule has 1 rings (SSSR count). The highest BCUT2D eigenvalue weighted by Crippen LogP contribution is 2.35. The Kier molecular flexibility index (Phi) is 6.27. The van der Waals surface area contributed by atoms with Crippen molar-refractivity contribution in [2.24, 2.45) is 0 Å². The molecule has 3 nitrogen and oxygen atoms in total. The number of unbranched alkanes of at least 4 members (excludes halogenated alkanes) is 2. The minimum Gasteiger partial charge on any atom is -0.494 e. The summed E-state index contributed by atoms with van der Waals surface area (Å²) in [4.78, 5) is 10.4. The molecule has 0 bridgehead atoms. The summed E-state index contributed by atoms with van der Waals surface area (Å²) in [5.41, 5.74) is -1.11. The number of alkyl halides is 3. The molecule has 116 valence electrons. The van der Waals surface area contributed by atoms with Gasteiger partial charge in [-0.3, -0.25) is 0 Å². The van der Waals surface area contributed by atoms with Gasteiger partial charge < -0.3 is 9.84 Å². The molecule has 0 heterocycles. The summed E-state index contributed by atoms with van der Waals surface area (Å²) in [7, 11) is 0. The van der Waals surface area contributed by atoms with Crippen LogP contribution in [0.4, 0.5) is 13.2 Å². The van der Waals surface area contributed by atoms with Crippen molar-refractivity contribution >= 4 is 12.0 Å². The summed E-state index contributed by atoms with van der Waals surface area (Å²) in [5.74, 6) is -1.17. The van der Waals surface area contributed by atoms with Crippen molar-refractivity contribution in [1.82, 2.24) is 0 Å². The standard InChI is InChI=1S/C15H17F3O3/c1-2-3-4-9-21-12-7-5-11(6-8-14(19)20)13(10-12)15(16,17)18/h5-8,10H,2-4,9H2,1H3,(H,19,20)/b8-6+. The molecule has 0 aromatic heterocycles.